The summed E-state index contributed by atoms with van der Waals surface area (Å²) < 4.78 is 0. The molecule has 2 unspecified atom stereocenters. The molecule has 0 saturated carbocycles. The predicted octanol–water partition coefficient (Wildman–Crippen LogP) is 0.135. The average Bonchev–Trinajstić information content (AvgIpc) is 1.93. The fourth-order valence-corrected chi connectivity index (χ4v) is 1.41. The van der Waals surface area contributed by atoms with E-state index in [0.29, 0.717) is 12.0 Å². The molecule has 1 saturated heterocycles. The van der Waals surface area contributed by atoms with Crippen molar-refractivity contribution in [1.29, 1.82) is 0 Å². The number of piperidine rings is 1. The molecule has 2 atom stereocenters. The number of nitrogens with one attached hydrogen (secondary N) is 1. The van der Waals surface area contributed by atoms with Crippen LogP contribution < -0.4 is 10.6 Å². The molecule has 0 aromatic rings. The van der Waals surface area contributed by atoms with E-state index >= 15 is 0 Å². The zero-order valence-corrected chi connectivity index (χ0v) is 7.13. The highest BCUT2D eigenvalue weighted by molar-refractivity contribution is 5.73. The first-order valence-electron chi connectivity index (χ1n) is 4.10. The fourth-order valence-electron chi connectivity index (χ4n) is 1.41. The summed E-state index contributed by atoms with van der Waals surface area (Å²) in [4.78, 5) is 10.7. The van der Waals surface area contributed by atoms with Gasteiger partial charge in [-0.3, -0.25) is 4.79 Å². The molecule has 1 fully saturated rings. The summed E-state index contributed by atoms with van der Waals surface area (Å²) >= 11 is 0. The van der Waals surface area contributed by atoms with Crippen molar-refractivity contribution in [3.63, 3.8) is 0 Å². The molecule has 0 aromatic heterocycles. The molecule has 1 radical (unpaired) electrons. The average molecular weight is 155 g/mol. The highest BCUT2D eigenvalue weighted by Gasteiger charge is 2.21. The van der Waals surface area contributed by atoms with Gasteiger partial charge in [0.1, 0.15) is 0 Å². The molecule has 1 aliphatic rings. The smallest absolute Gasteiger partial charge is 0.217 e. The summed E-state index contributed by atoms with van der Waals surface area (Å²) in [7, 11) is 0. The van der Waals surface area contributed by atoms with E-state index < -0.39 is 0 Å². The molecule has 63 valence electrons. The molecule has 0 aromatic carbocycles. The van der Waals surface area contributed by atoms with E-state index in [4.69, 9.17) is 0 Å². The molecule has 1 aliphatic heterocycles. The van der Waals surface area contributed by atoms with E-state index in [2.05, 4.69) is 17.6 Å². The van der Waals surface area contributed by atoms with Gasteiger partial charge in [-0.25, -0.2) is 5.32 Å². The Morgan fingerprint density at radius 2 is 2.36 bits per heavy atom. The van der Waals surface area contributed by atoms with Crippen molar-refractivity contribution < 1.29 is 4.79 Å². The van der Waals surface area contributed by atoms with Gasteiger partial charge in [0, 0.05) is 26.1 Å². The van der Waals surface area contributed by atoms with Gasteiger partial charge in [0.05, 0.1) is 0 Å². The molecule has 3 heteroatoms. The van der Waals surface area contributed by atoms with Crippen LogP contribution in [0, 0.1) is 5.92 Å². The first kappa shape index (κ1) is 8.53. The van der Waals surface area contributed by atoms with E-state index in [0.717, 1.165) is 19.5 Å². The van der Waals surface area contributed by atoms with Gasteiger partial charge in [-0.1, -0.05) is 6.92 Å². The lowest BCUT2D eigenvalue weighted by Crippen LogP contribution is -2.45. The van der Waals surface area contributed by atoms with Gasteiger partial charge < -0.3 is 5.32 Å². The maximum absolute atomic E-state index is 10.7. The lowest BCUT2D eigenvalue weighted by Gasteiger charge is -2.28. The third-order valence-corrected chi connectivity index (χ3v) is 2.09. The monoisotopic (exact) mass is 155 g/mol. The molecule has 0 bridgehead atoms. The first-order chi connectivity index (χ1) is 5.20. The largest absolute Gasteiger partial charge is 0.353 e. The topological polar surface area (TPSA) is 43.2 Å². The number of carbonyl (C=O) groups excluding carboxylic acids is 1. The molecule has 1 heterocycles. The minimum atomic E-state index is 0.0729. The van der Waals surface area contributed by atoms with Crippen molar-refractivity contribution in [3.8, 4) is 0 Å². The SMILES string of the molecule is CC(=O)NC1CC[N]CC1C. The van der Waals surface area contributed by atoms with E-state index in [1.165, 1.54) is 0 Å². The zero-order chi connectivity index (χ0) is 8.27. The van der Waals surface area contributed by atoms with Crippen molar-refractivity contribution in [2.75, 3.05) is 13.1 Å². The third-order valence-electron chi connectivity index (χ3n) is 2.09. The Morgan fingerprint density at radius 1 is 1.64 bits per heavy atom. The molecule has 0 spiro atoms. The Morgan fingerprint density at radius 3 is 2.91 bits per heavy atom. The van der Waals surface area contributed by atoms with E-state index in [-0.39, 0.29) is 5.91 Å². The maximum atomic E-state index is 10.7. The van der Waals surface area contributed by atoms with Gasteiger partial charge in [0.25, 0.3) is 0 Å². The molecular formula is C8H15N2O. The van der Waals surface area contributed by atoms with Crippen LogP contribution in [0.5, 0.6) is 0 Å². The summed E-state index contributed by atoms with van der Waals surface area (Å²) in [5, 5.41) is 7.20. The standard InChI is InChI=1S/C8H15N2O/c1-6-5-9-4-3-8(6)10-7(2)11/h6,8H,3-5H2,1-2H3,(H,10,11). The van der Waals surface area contributed by atoms with Gasteiger partial charge in [0.2, 0.25) is 5.91 Å². The number of hydrogen-bond acceptors (Lipinski definition) is 1. The van der Waals surface area contributed by atoms with Crippen molar-refractivity contribution in [1.82, 2.24) is 10.6 Å². The van der Waals surface area contributed by atoms with Gasteiger partial charge in [-0.2, -0.15) is 0 Å². The van der Waals surface area contributed by atoms with Crippen LogP contribution in [0.15, 0.2) is 0 Å². The maximum Gasteiger partial charge on any atom is 0.217 e. The quantitative estimate of drug-likeness (QED) is 0.575. The van der Waals surface area contributed by atoms with Crippen molar-refractivity contribution in [2.45, 2.75) is 26.3 Å². The Labute approximate surface area is 67.5 Å². The molecule has 1 rings (SSSR count). The van der Waals surface area contributed by atoms with Crippen LogP contribution >= 0.6 is 0 Å². The summed E-state index contributed by atoms with van der Waals surface area (Å²) in [6, 6.07) is 0.352. The van der Waals surface area contributed by atoms with Crippen LogP contribution in [0.4, 0.5) is 0 Å². The van der Waals surface area contributed by atoms with Crippen molar-refractivity contribution in [3.05, 3.63) is 0 Å². The van der Waals surface area contributed by atoms with Gasteiger partial charge in [0.15, 0.2) is 0 Å². The first-order valence-corrected chi connectivity index (χ1v) is 4.10. The highest BCUT2D eigenvalue weighted by Crippen LogP contribution is 2.10. The lowest BCUT2D eigenvalue weighted by molar-refractivity contribution is -0.120. The second-order valence-electron chi connectivity index (χ2n) is 3.20. The van der Waals surface area contributed by atoms with E-state index in [1.54, 1.807) is 6.92 Å². The highest BCUT2D eigenvalue weighted by atomic mass is 16.1. The second kappa shape index (κ2) is 3.72. The number of rotatable bonds is 1. The predicted molar refractivity (Wildman–Crippen MR) is 43.3 cm³/mol. The van der Waals surface area contributed by atoms with Crippen LogP contribution in [0.2, 0.25) is 0 Å². The van der Waals surface area contributed by atoms with Crippen molar-refractivity contribution >= 4 is 5.91 Å². The van der Waals surface area contributed by atoms with Crippen molar-refractivity contribution in [2.24, 2.45) is 5.92 Å². The summed E-state index contributed by atoms with van der Waals surface area (Å²) in [5.74, 6) is 0.580. The number of hydrogen-bond donors (Lipinski definition) is 1. The summed E-state index contributed by atoms with van der Waals surface area (Å²) in [5.41, 5.74) is 0. The zero-order valence-electron chi connectivity index (χ0n) is 7.13. The minimum Gasteiger partial charge on any atom is -0.353 e. The van der Waals surface area contributed by atoms with Crippen LogP contribution in [0.25, 0.3) is 0 Å². The molecule has 11 heavy (non-hydrogen) atoms. The van der Waals surface area contributed by atoms with Crippen LogP contribution in [0.1, 0.15) is 20.3 Å². The molecule has 3 nitrogen and oxygen atoms in total. The van der Waals surface area contributed by atoms with Crippen LogP contribution in [-0.4, -0.2) is 25.0 Å². The van der Waals surface area contributed by atoms with Crippen LogP contribution in [-0.2, 0) is 4.79 Å². The Bertz CT molecular complexity index is 147. The second-order valence-corrected chi connectivity index (χ2v) is 3.20. The van der Waals surface area contributed by atoms with Crippen LogP contribution in [0.3, 0.4) is 0 Å². The normalized spacial score (nSPS) is 31.5. The fraction of sp³-hybridized carbons (Fsp3) is 0.875. The lowest BCUT2D eigenvalue weighted by atomic mass is 9.95. The van der Waals surface area contributed by atoms with Gasteiger partial charge >= 0.3 is 0 Å². The number of amides is 1. The number of nitrogens with zero attached hydrogens (tertiary/aromatic N) is 1. The third kappa shape index (κ3) is 2.50. The molecule has 0 aliphatic carbocycles. The van der Waals surface area contributed by atoms with E-state index in [1.807, 2.05) is 0 Å². The Hall–Kier alpha value is -0.570. The molecular weight excluding hydrogens is 140 g/mol. The van der Waals surface area contributed by atoms with Gasteiger partial charge in [-0.15, -0.1) is 0 Å². The molecule has 1 amide bonds. The van der Waals surface area contributed by atoms with Gasteiger partial charge in [-0.05, 0) is 12.3 Å². The van der Waals surface area contributed by atoms with E-state index in [9.17, 15) is 4.79 Å². The summed E-state index contributed by atoms with van der Waals surface area (Å²) in [6.45, 7) is 5.49. The Kier molecular flexibility index (Phi) is 2.88. The minimum absolute atomic E-state index is 0.0729. The molecule has 1 N–H and O–H groups in total. The Balaban J connectivity index is 2.35. The number of carbonyl (C=O) groups is 1. The summed E-state index contributed by atoms with van der Waals surface area (Å²) in [6.07, 6.45) is 1.00.